The lowest BCUT2D eigenvalue weighted by Gasteiger charge is -2.02. The fourth-order valence-electron chi connectivity index (χ4n) is 0.506. The summed E-state index contributed by atoms with van der Waals surface area (Å²) in [5.41, 5.74) is 0. The molecule has 0 radical (unpaired) electrons. The highest BCUT2D eigenvalue weighted by Crippen LogP contribution is 1.90. The minimum Gasteiger partial charge on any atom is -0.466 e. The van der Waals surface area contributed by atoms with Crippen molar-refractivity contribution in [3.63, 3.8) is 0 Å². The molecule has 0 saturated heterocycles. The van der Waals surface area contributed by atoms with Crippen LogP contribution in [0.15, 0.2) is 0 Å². The fourth-order valence-corrected chi connectivity index (χ4v) is 0.506. The lowest BCUT2D eigenvalue weighted by atomic mass is 10.4. The van der Waals surface area contributed by atoms with Crippen molar-refractivity contribution >= 4 is 11.9 Å². The number of methoxy groups -OCH3 is 1. The van der Waals surface area contributed by atoms with Crippen LogP contribution in [0.2, 0.25) is 0 Å². The summed E-state index contributed by atoms with van der Waals surface area (Å²) >= 11 is 0. The van der Waals surface area contributed by atoms with Crippen LogP contribution in [0.25, 0.3) is 0 Å². The van der Waals surface area contributed by atoms with Crippen LogP contribution in [0, 0.1) is 0 Å². The molecular weight excluding hydrogens is 164 g/mol. The van der Waals surface area contributed by atoms with Gasteiger partial charge in [0.05, 0.1) is 6.61 Å². The lowest BCUT2D eigenvalue weighted by molar-refractivity contribution is -0.160. The van der Waals surface area contributed by atoms with E-state index in [9.17, 15) is 9.59 Å². The number of carbonyl (C=O) groups is 2. The first kappa shape index (κ1) is 10.9. The second-order valence-electron chi connectivity index (χ2n) is 1.90. The van der Waals surface area contributed by atoms with Crippen LogP contribution in [0.5, 0.6) is 0 Å². The molecule has 0 aromatic rings. The first-order valence-electron chi connectivity index (χ1n) is 3.50. The lowest BCUT2D eigenvalue weighted by Crippen LogP contribution is -2.14. The van der Waals surface area contributed by atoms with Crippen LogP contribution >= 0.6 is 0 Å². The van der Waals surface area contributed by atoms with Crippen LogP contribution in [0.3, 0.4) is 0 Å². The third-order valence-corrected chi connectivity index (χ3v) is 0.932. The van der Waals surface area contributed by atoms with E-state index in [0.29, 0.717) is 0 Å². The Hall–Kier alpha value is -1.10. The number of esters is 2. The molecule has 0 amide bonds. The van der Waals surface area contributed by atoms with Gasteiger partial charge < -0.3 is 14.2 Å². The van der Waals surface area contributed by atoms with Gasteiger partial charge in [-0.3, -0.25) is 9.59 Å². The Morgan fingerprint density at radius 3 is 2.25 bits per heavy atom. The van der Waals surface area contributed by atoms with Gasteiger partial charge in [-0.2, -0.15) is 0 Å². The molecule has 0 fully saturated rings. The molecule has 0 N–H and O–H groups in total. The highest BCUT2D eigenvalue weighted by atomic mass is 16.7. The van der Waals surface area contributed by atoms with Crippen molar-refractivity contribution in [3.05, 3.63) is 0 Å². The summed E-state index contributed by atoms with van der Waals surface area (Å²) in [7, 11) is 1.39. The Bertz CT molecular complexity index is 154. The monoisotopic (exact) mass is 176 g/mol. The van der Waals surface area contributed by atoms with Crippen LogP contribution in [0.4, 0.5) is 0 Å². The average Bonchev–Trinajstić information content (AvgIpc) is 2.01. The van der Waals surface area contributed by atoms with E-state index in [4.69, 9.17) is 0 Å². The molecule has 0 unspecified atom stereocenters. The highest BCUT2D eigenvalue weighted by molar-refractivity contribution is 5.91. The maximum atomic E-state index is 10.7. The minimum absolute atomic E-state index is 0.141. The molecule has 0 bridgehead atoms. The minimum atomic E-state index is -0.643. The molecule has 0 spiro atoms. The van der Waals surface area contributed by atoms with Crippen molar-refractivity contribution < 1.29 is 23.8 Å². The van der Waals surface area contributed by atoms with Crippen molar-refractivity contribution in [1.82, 2.24) is 0 Å². The van der Waals surface area contributed by atoms with Crippen LogP contribution in [-0.4, -0.2) is 32.4 Å². The van der Waals surface area contributed by atoms with Gasteiger partial charge in [0.2, 0.25) is 0 Å². The molecule has 0 aromatic heterocycles. The quantitative estimate of drug-likeness (QED) is 0.337. The first-order valence-corrected chi connectivity index (χ1v) is 3.50. The van der Waals surface area contributed by atoms with E-state index in [1.807, 2.05) is 0 Å². The fraction of sp³-hybridized carbons (Fsp3) is 0.714. The Kier molecular flexibility index (Phi) is 6.00. The predicted octanol–water partition coefficient (Wildman–Crippen LogP) is 0.0867. The van der Waals surface area contributed by atoms with Gasteiger partial charge in [0, 0.05) is 7.11 Å². The molecule has 0 aliphatic carbocycles. The van der Waals surface area contributed by atoms with Gasteiger partial charge in [0.15, 0.2) is 6.79 Å². The molecule has 0 saturated carbocycles. The molecule has 5 heteroatoms. The van der Waals surface area contributed by atoms with Gasteiger partial charge in [-0.05, 0) is 6.92 Å². The van der Waals surface area contributed by atoms with Crippen molar-refractivity contribution in [2.45, 2.75) is 13.3 Å². The maximum Gasteiger partial charge on any atom is 0.319 e. The van der Waals surface area contributed by atoms with E-state index in [0.717, 1.165) is 0 Å². The number of carbonyl (C=O) groups excluding carboxylic acids is 2. The molecule has 0 aromatic carbocycles. The van der Waals surface area contributed by atoms with Crippen LogP contribution in [-0.2, 0) is 23.8 Å². The molecular formula is C7H12O5. The summed E-state index contributed by atoms with van der Waals surface area (Å²) < 4.78 is 13.4. The van der Waals surface area contributed by atoms with Crippen molar-refractivity contribution in [1.29, 1.82) is 0 Å². The second-order valence-corrected chi connectivity index (χ2v) is 1.90. The first-order chi connectivity index (χ1) is 5.70. The van der Waals surface area contributed by atoms with E-state index in [2.05, 4.69) is 14.2 Å². The van der Waals surface area contributed by atoms with Gasteiger partial charge >= 0.3 is 11.9 Å². The van der Waals surface area contributed by atoms with Crippen LogP contribution < -0.4 is 0 Å². The Morgan fingerprint density at radius 2 is 1.75 bits per heavy atom. The topological polar surface area (TPSA) is 61.8 Å². The molecule has 70 valence electrons. The summed E-state index contributed by atoms with van der Waals surface area (Å²) in [5, 5.41) is 0. The number of ether oxygens (including phenoxy) is 3. The summed E-state index contributed by atoms with van der Waals surface area (Å²) in [6.45, 7) is 1.78. The summed E-state index contributed by atoms with van der Waals surface area (Å²) in [6, 6.07) is 0. The van der Waals surface area contributed by atoms with E-state index in [-0.39, 0.29) is 19.8 Å². The predicted molar refractivity (Wildman–Crippen MR) is 39.2 cm³/mol. The van der Waals surface area contributed by atoms with E-state index < -0.39 is 11.9 Å². The third-order valence-electron chi connectivity index (χ3n) is 0.932. The Balaban J connectivity index is 3.47. The standard InChI is InChI=1S/C7H12O5/c1-3-11-6(8)4-7(9)12-5-10-2/h3-5H2,1-2H3. The number of hydrogen-bond donors (Lipinski definition) is 0. The summed E-state index contributed by atoms with van der Waals surface area (Å²) in [4.78, 5) is 21.3. The van der Waals surface area contributed by atoms with Crippen LogP contribution in [0.1, 0.15) is 13.3 Å². The molecule has 12 heavy (non-hydrogen) atoms. The molecule has 0 atom stereocenters. The van der Waals surface area contributed by atoms with Gasteiger partial charge in [0.1, 0.15) is 6.42 Å². The number of rotatable bonds is 5. The van der Waals surface area contributed by atoms with E-state index >= 15 is 0 Å². The maximum absolute atomic E-state index is 10.7. The summed E-state index contributed by atoms with van der Waals surface area (Å²) in [6.07, 6.45) is -0.364. The van der Waals surface area contributed by atoms with Crippen molar-refractivity contribution in [2.75, 3.05) is 20.5 Å². The van der Waals surface area contributed by atoms with E-state index in [1.165, 1.54) is 7.11 Å². The smallest absolute Gasteiger partial charge is 0.319 e. The zero-order chi connectivity index (χ0) is 9.40. The normalized spacial score (nSPS) is 9.17. The Morgan fingerprint density at radius 1 is 1.17 bits per heavy atom. The van der Waals surface area contributed by atoms with Gasteiger partial charge in [-0.15, -0.1) is 0 Å². The summed E-state index contributed by atoms with van der Waals surface area (Å²) in [5.74, 6) is -1.23. The van der Waals surface area contributed by atoms with E-state index in [1.54, 1.807) is 6.92 Å². The molecule has 0 heterocycles. The van der Waals surface area contributed by atoms with Gasteiger partial charge in [-0.25, -0.2) is 0 Å². The van der Waals surface area contributed by atoms with Gasteiger partial charge in [0.25, 0.3) is 0 Å². The molecule has 0 rings (SSSR count). The second kappa shape index (κ2) is 6.60. The average molecular weight is 176 g/mol. The zero-order valence-electron chi connectivity index (χ0n) is 7.16. The third kappa shape index (κ3) is 5.67. The Labute approximate surface area is 70.6 Å². The van der Waals surface area contributed by atoms with Crippen molar-refractivity contribution in [2.24, 2.45) is 0 Å². The number of hydrogen-bond acceptors (Lipinski definition) is 5. The van der Waals surface area contributed by atoms with Gasteiger partial charge in [-0.1, -0.05) is 0 Å². The largest absolute Gasteiger partial charge is 0.466 e. The molecule has 5 nitrogen and oxygen atoms in total. The molecule has 0 aliphatic rings. The zero-order valence-corrected chi connectivity index (χ0v) is 7.16. The SMILES string of the molecule is CCOC(=O)CC(=O)OCOC. The highest BCUT2D eigenvalue weighted by Gasteiger charge is 2.10. The van der Waals surface area contributed by atoms with Crippen molar-refractivity contribution in [3.8, 4) is 0 Å². The molecule has 0 aliphatic heterocycles.